The first-order valence-electron chi connectivity index (χ1n) is 6.82. The molecule has 0 spiro atoms. The SMILES string of the molecule is O=C(NCCNC(=O)c1cc(Cl)ccc1O)c1ccccc1O. The van der Waals surface area contributed by atoms with Crippen molar-refractivity contribution in [3.05, 3.63) is 58.6 Å². The van der Waals surface area contributed by atoms with Crippen molar-refractivity contribution in [2.75, 3.05) is 13.1 Å². The number of halogens is 1. The Morgan fingerprint density at radius 2 is 1.43 bits per heavy atom. The lowest BCUT2D eigenvalue weighted by atomic mass is 10.2. The number of phenolic OH excluding ortho intramolecular Hbond substituents is 2. The van der Waals surface area contributed by atoms with Crippen molar-refractivity contribution in [2.45, 2.75) is 0 Å². The van der Waals surface area contributed by atoms with Gasteiger partial charge in [-0.25, -0.2) is 0 Å². The quantitative estimate of drug-likeness (QED) is 0.628. The van der Waals surface area contributed by atoms with Crippen LogP contribution in [0.25, 0.3) is 0 Å². The molecule has 0 aliphatic carbocycles. The standard InChI is InChI=1S/C16H15ClN2O4/c17-10-5-6-14(21)12(9-10)16(23)19-8-7-18-15(22)11-3-1-2-4-13(11)20/h1-6,9,20-21H,7-8H2,(H,18,22)(H,19,23). The average Bonchev–Trinajstić information content (AvgIpc) is 2.53. The number of amides is 2. The van der Waals surface area contributed by atoms with Gasteiger partial charge in [-0.3, -0.25) is 9.59 Å². The van der Waals surface area contributed by atoms with Crippen LogP contribution >= 0.6 is 11.6 Å². The molecule has 0 aliphatic heterocycles. The summed E-state index contributed by atoms with van der Waals surface area (Å²) in [6.45, 7) is 0.324. The Labute approximate surface area is 137 Å². The first-order chi connectivity index (χ1) is 11.0. The number of phenols is 2. The number of nitrogens with one attached hydrogen (secondary N) is 2. The molecule has 0 bridgehead atoms. The summed E-state index contributed by atoms with van der Waals surface area (Å²) in [6.07, 6.45) is 0. The molecular formula is C16H15ClN2O4. The van der Waals surface area contributed by atoms with Gasteiger partial charge in [0.1, 0.15) is 11.5 Å². The van der Waals surface area contributed by atoms with Crippen molar-refractivity contribution in [1.82, 2.24) is 10.6 Å². The highest BCUT2D eigenvalue weighted by Gasteiger charge is 2.12. The summed E-state index contributed by atoms with van der Waals surface area (Å²) in [5.74, 6) is -1.23. The summed E-state index contributed by atoms with van der Waals surface area (Å²) in [4.78, 5) is 23.7. The molecule has 0 atom stereocenters. The van der Waals surface area contributed by atoms with Crippen LogP contribution in [-0.2, 0) is 0 Å². The van der Waals surface area contributed by atoms with Crippen LogP contribution in [0, 0.1) is 0 Å². The van der Waals surface area contributed by atoms with E-state index in [1.54, 1.807) is 12.1 Å². The Balaban J connectivity index is 1.83. The number of rotatable bonds is 5. The predicted molar refractivity (Wildman–Crippen MR) is 85.9 cm³/mol. The van der Waals surface area contributed by atoms with Gasteiger partial charge in [0, 0.05) is 18.1 Å². The van der Waals surface area contributed by atoms with E-state index in [-0.39, 0.29) is 35.7 Å². The fourth-order valence-corrected chi connectivity index (χ4v) is 2.07. The molecule has 0 aliphatic rings. The number of hydrogen-bond acceptors (Lipinski definition) is 4. The second-order valence-corrected chi connectivity index (χ2v) is 5.13. The zero-order valence-electron chi connectivity index (χ0n) is 12.0. The minimum absolute atomic E-state index is 0.0598. The molecule has 4 N–H and O–H groups in total. The van der Waals surface area contributed by atoms with E-state index in [4.69, 9.17) is 11.6 Å². The number of para-hydroxylation sites is 1. The highest BCUT2D eigenvalue weighted by molar-refractivity contribution is 6.31. The Hall–Kier alpha value is -2.73. The van der Waals surface area contributed by atoms with Crippen LogP contribution in [0.3, 0.4) is 0 Å². The van der Waals surface area contributed by atoms with Crippen molar-refractivity contribution < 1.29 is 19.8 Å². The molecule has 120 valence electrons. The monoisotopic (exact) mass is 334 g/mol. The maximum Gasteiger partial charge on any atom is 0.255 e. The van der Waals surface area contributed by atoms with Crippen LogP contribution in [0.4, 0.5) is 0 Å². The van der Waals surface area contributed by atoms with Gasteiger partial charge in [-0.2, -0.15) is 0 Å². The fourth-order valence-electron chi connectivity index (χ4n) is 1.90. The van der Waals surface area contributed by atoms with Gasteiger partial charge in [0.2, 0.25) is 0 Å². The third-order valence-corrected chi connectivity index (χ3v) is 3.28. The molecular weight excluding hydrogens is 320 g/mol. The molecule has 0 aromatic heterocycles. The van der Waals surface area contributed by atoms with E-state index in [1.165, 1.54) is 30.3 Å². The molecule has 2 rings (SSSR count). The third kappa shape index (κ3) is 4.37. The Morgan fingerprint density at radius 3 is 2.09 bits per heavy atom. The van der Waals surface area contributed by atoms with E-state index in [1.807, 2.05) is 0 Å². The maximum absolute atomic E-state index is 11.9. The zero-order chi connectivity index (χ0) is 16.8. The molecule has 2 aromatic carbocycles. The Bertz CT molecular complexity index is 734. The molecule has 0 heterocycles. The Kier molecular flexibility index (Phi) is 5.43. The molecule has 0 unspecified atom stereocenters. The topological polar surface area (TPSA) is 98.7 Å². The largest absolute Gasteiger partial charge is 0.507 e. The minimum atomic E-state index is -0.498. The average molecular weight is 335 g/mol. The first kappa shape index (κ1) is 16.6. The summed E-state index contributed by atoms with van der Waals surface area (Å²) < 4.78 is 0. The lowest BCUT2D eigenvalue weighted by Gasteiger charge is -2.09. The van der Waals surface area contributed by atoms with Gasteiger partial charge in [0.15, 0.2) is 0 Å². The molecule has 6 nitrogen and oxygen atoms in total. The lowest BCUT2D eigenvalue weighted by molar-refractivity contribution is 0.0924. The molecule has 0 saturated heterocycles. The van der Waals surface area contributed by atoms with E-state index in [0.29, 0.717) is 5.02 Å². The highest BCUT2D eigenvalue weighted by atomic mass is 35.5. The third-order valence-electron chi connectivity index (χ3n) is 3.05. The van der Waals surface area contributed by atoms with Crippen molar-refractivity contribution in [3.63, 3.8) is 0 Å². The molecule has 2 aromatic rings. The molecule has 2 amide bonds. The zero-order valence-corrected chi connectivity index (χ0v) is 12.8. The second kappa shape index (κ2) is 7.51. The number of carbonyl (C=O) groups is 2. The number of benzene rings is 2. The molecule has 7 heteroatoms. The first-order valence-corrected chi connectivity index (χ1v) is 7.19. The van der Waals surface area contributed by atoms with Gasteiger partial charge in [0.25, 0.3) is 11.8 Å². The normalized spacial score (nSPS) is 10.1. The van der Waals surface area contributed by atoms with Crippen LogP contribution in [0.15, 0.2) is 42.5 Å². The van der Waals surface area contributed by atoms with Crippen molar-refractivity contribution in [3.8, 4) is 11.5 Å². The van der Waals surface area contributed by atoms with Gasteiger partial charge in [-0.15, -0.1) is 0 Å². The number of hydrogen-bond donors (Lipinski definition) is 4. The van der Waals surface area contributed by atoms with Crippen LogP contribution in [0.2, 0.25) is 5.02 Å². The van der Waals surface area contributed by atoms with Crippen LogP contribution in [0.5, 0.6) is 11.5 Å². The Morgan fingerprint density at radius 1 is 0.870 bits per heavy atom. The minimum Gasteiger partial charge on any atom is -0.507 e. The van der Waals surface area contributed by atoms with E-state index >= 15 is 0 Å². The van der Waals surface area contributed by atoms with Gasteiger partial charge >= 0.3 is 0 Å². The van der Waals surface area contributed by atoms with Crippen molar-refractivity contribution in [1.29, 1.82) is 0 Å². The summed E-state index contributed by atoms with van der Waals surface area (Å²) in [5.41, 5.74) is 0.218. The number of carbonyl (C=O) groups excluding carboxylic acids is 2. The van der Waals surface area contributed by atoms with Crippen LogP contribution in [0.1, 0.15) is 20.7 Å². The molecule has 23 heavy (non-hydrogen) atoms. The summed E-state index contributed by atoms with van der Waals surface area (Å²) >= 11 is 5.77. The van der Waals surface area contributed by atoms with Crippen LogP contribution in [-0.4, -0.2) is 35.1 Å². The smallest absolute Gasteiger partial charge is 0.255 e. The van der Waals surface area contributed by atoms with E-state index in [0.717, 1.165) is 0 Å². The molecule has 0 fully saturated rings. The molecule has 0 radical (unpaired) electrons. The fraction of sp³-hybridized carbons (Fsp3) is 0.125. The maximum atomic E-state index is 11.9. The predicted octanol–water partition coefficient (Wildman–Crippen LogP) is 1.91. The van der Waals surface area contributed by atoms with Gasteiger partial charge in [-0.1, -0.05) is 23.7 Å². The number of aromatic hydroxyl groups is 2. The van der Waals surface area contributed by atoms with Crippen LogP contribution < -0.4 is 10.6 Å². The van der Waals surface area contributed by atoms with E-state index in [9.17, 15) is 19.8 Å². The highest BCUT2D eigenvalue weighted by Crippen LogP contribution is 2.21. The van der Waals surface area contributed by atoms with E-state index in [2.05, 4.69) is 10.6 Å². The van der Waals surface area contributed by atoms with Gasteiger partial charge in [-0.05, 0) is 30.3 Å². The van der Waals surface area contributed by atoms with E-state index < -0.39 is 11.8 Å². The van der Waals surface area contributed by atoms with Crippen molar-refractivity contribution in [2.24, 2.45) is 0 Å². The summed E-state index contributed by atoms with van der Waals surface area (Å²) in [6, 6.07) is 10.3. The summed E-state index contributed by atoms with van der Waals surface area (Å²) in [7, 11) is 0. The second-order valence-electron chi connectivity index (χ2n) is 4.69. The molecule has 0 saturated carbocycles. The lowest BCUT2D eigenvalue weighted by Crippen LogP contribution is -2.34. The van der Waals surface area contributed by atoms with Gasteiger partial charge in [0.05, 0.1) is 11.1 Å². The van der Waals surface area contributed by atoms with Gasteiger partial charge < -0.3 is 20.8 Å². The van der Waals surface area contributed by atoms with Crippen molar-refractivity contribution >= 4 is 23.4 Å². The summed E-state index contributed by atoms with van der Waals surface area (Å²) in [5, 5.41) is 24.6.